The molecule has 2 rings (SSSR count). The number of hydrogen-bond acceptors (Lipinski definition) is 3. The van der Waals surface area contributed by atoms with Crippen LogP contribution in [0, 0.1) is 0 Å². The van der Waals surface area contributed by atoms with Gasteiger partial charge in [-0.3, -0.25) is 0 Å². The molecule has 17 heavy (non-hydrogen) atoms. The average molecular weight is 262 g/mol. The van der Waals surface area contributed by atoms with Gasteiger partial charge in [0.15, 0.2) is 0 Å². The van der Waals surface area contributed by atoms with Crippen LogP contribution in [0.1, 0.15) is 11.6 Å². The van der Waals surface area contributed by atoms with Gasteiger partial charge in [-0.15, -0.1) is 0 Å². The SMILES string of the molecule is FC(F)(F)Sc1ccccc1[C@@H]1CNCCN1. The Morgan fingerprint density at radius 2 is 1.94 bits per heavy atom. The van der Waals surface area contributed by atoms with Gasteiger partial charge in [0.25, 0.3) is 0 Å². The van der Waals surface area contributed by atoms with Crippen LogP contribution in [0.25, 0.3) is 0 Å². The third-order valence-electron chi connectivity index (χ3n) is 2.56. The van der Waals surface area contributed by atoms with E-state index >= 15 is 0 Å². The average Bonchev–Trinajstić information content (AvgIpc) is 2.29. The third kappa shape index (κ3) is 3.62. The van der Waals surface area contributed by atoms with Crippen molar-refractivity contribution in [3.8, 4) is 0 Å². The maximum atomic E-state index is 12.4. The Morgan fingerprint density at radius 1 is 1.18 bits per heavy atom. The largest absolute Gasteiger partial charge is 0.446 e. The zero-order valence-electron chi connectivity index (χ0n) is 9.05. The molecule has 1 aromatic rings. The zero-order valence-corrected chi connectivity index (χ0v) is 9.87. The molecule has 0 unspecified atom stereocenters. The number of piperazine rings is 1. The molecule has 1 saturated heterocycles. The molecule has 1 fully saturated rings. The molecule has 0 spiro atoms. The Kier molecular flexibility index (Phi) is 3.96. The first-order valence-corrected chi connectivity index (χ1v) is 6.17. The van der Waals surface area contributed by atoms with E-state index in [-0.39, 0.29) is 22.7 Å². The molecule has 0 saturated carbocycles. The summed E-state index contributed by atoms with van der Waals surface area (Å²) in [5.74, 6) is 0. The molecule has 1 aliphatic rings. The first kappa shape index (κ1) is 12.7. The van der Waals surface area contributed by atoms with E-state index in [1.54, 1.807) is 18.2 Å². The summed E-state index contributed by atoms with van der Waals surface area (Å²) in [6.07, 6.45) is 0. The van der Waals surface area contributed by atoms with Gasteiger partial charge >= 0.3 is 5.51 Å². The summed E-state index contributed by atoms with van der Waals surface area (Å²) >= 11 is -0.0468. The molecule has 0 bridgehead atoms. The number of rotatable bonds is 2. The molecule has 2 nitrogen and oxygen atoms in total. The van der Waals surface area contributed by atoms with Crippen molar-refractivity contribution in [1.82, 2.24) is 10.6 Å². The van der Waals surface area contributed by atoms with Crippen molar-refractivity contribution in [2.75, 3.05) is 19.6 Å². The molecule has 6 heteroatoms. The fourth-order valence-corrected chi connectivity index (χ4v) is 2.58. The molecular formula is C11H13F3N2S. The predicted molar refractivity (Wildman–Crippen MR) is 62.0 cm³/mol. The fourth-order valence-electron chi connectivity index (χ4n) is 1.86. The molecule has 1 atom stereocenters. The first-order chi connectivity index (χ1) is 8.06. The highest BCUT2D eigenvalue weighted by atomic mass is 32.2. The van der Waals surface area contributed by atoms with Gasteiger partial charge in [-0.1, -0.05) is 18.2 Å². The summed E-state index contributed by atoms with van der Waals surface area (Å²) in [5, 5.41) is 6.39. The Hall–Kier alpha value is -0.720. The van der Waals surface area contributed by atoms with Crippen molar-refractivity contribution in [1.29, 1.82) is 0 Å². The van der Waals surface area contributed by atoms with Crippen molar-refractivity contribution in [2.45, 2.75) is 16.4 Å². The summed E-state index contributed by atoms with van der Waals surface area (Å²) in [5.41, 5.74) is -3.53. The Bertz CT molecular complexity index is 375. The van der Waals surface area contributed by atoms with E-state index in [1.165, 1.54) is 6.07 Å². The minimum Gasteiger partial charge on any atom is -0.314 e. The zero-order chi connectivity index (χ0) is 12.3. The Balaban J connectivity index is 2.20. The molecule has 94 valence electrons. The highest BCUT2D eigenvalue weighted by molar-refractivity contribution is 8.00. The van der Waals surface area contributed by atoms with Gasteiger partial charge in [0.2, 0.25) is 0 Å². The van der Waals surface area contributed by atoms with Gasteiger partial charge in [0.1, 0.15) is 0 Å². The van der Waals surface area contributed by atoms with Gasteiger partial charge in [0, 0.05) is 30.6 Å². The van der Waals surface area contributed by atoms with Crippen LogP contribution < -0.4 is 10.6 Å². The van der Waals surface area contributed by atoms with E-state index in [0.717, 1.165) is 13.1 Å². The van der Waals surface area contributed by atoms with E-state index in [2.05, 4.69) is 10.6 Å². The standard InChI is InChI=1S/C11H13F3N2S/c12-11(13,14)17-10-4-2-1-3-8(10)9-7-15-5-6-16-9/h1-4,9,15-16H,5-7H2/t9-/m0/s1. The Morgan fingerprint density at radius 3 is 2.59 bits per heavy atom. The molecule has 0 aliphatic carbocycles. The number of benzene rings is 1. The van der Waals surface area contributed by atoms with E-state index < -0.39 is 5.51 Å². The summed E-state index contributed by atoms with van der Waals surface area (Å²) in [7, 11) is 0. The van der Waals surface area contributed by atoms with E-state index in [4.69, 9.17) is 0 Å². The molecule has 1 heterocycles. The van der Waals surface area contributed by atoms with E-state index in [1.807, 2.05) is 0 Å². The van der Waals surface area contributed by atoms with E-state index in [9.17, 15) is 13.2 Å². The molecule has 2 N–H and O–H groups in total. The molecule has 0 radical (unpaired) electrons. The van der Waals surface area contributed by atoms with Crippen LogP contribution in [0.15, 0.2) is 29.2 Å². The highest BCUT2D eigenvalue weighted by Crippen LogP contribution is 2.40. The summed E-state index contributed by atoms with van der Waals surface area (Å²) in [6.45, 7) is 2.29. The van der Waals surface area contributed by atoms with Crippen molar-refractivity contribution >= 4 is 11.8 Å². The van der Waals surface area contributed by atoms with Crippen LogP contribution in [-0.2, 0) is 0 Å². The minimum absolute atomic E-state index is 0.0465. The number of alkyl halides is 3. The third-order valence-corrected chi connectivity index (χ3v) is 3.38. The van der Waals surface area contributed by atoms with Gasteiger partial charge in [-0.25, -0.2) is 0 Å². The van der Waals surface area contributed by atoms with Crippen LogP contribution in [0.2, 0.25) is 0 Å². The van der Waals surface area contributed by atoms with Crippen molar-refractivity contribution in [3.05, 3.63) is 29.8 Å². The van der Waals surface area contributed by atoms with Crippen LogP contribution in [0.4, 0.5) is 13.2 Å². The molecule has 0 aromatic heterocycles. The lowest BCUT2D eigenvalue weighted by Crippen LogP contribution is -2.42. The van der Waals surface area contributed by atoms with Gasteiger partial charge in [0.05, 0.1) is 0 Å². The summed E-state index contributed by atoms with van der Waals surface area (Å²) < 4.78 is 37.2. The molecule has 1 aliphatic heterocycles. The van der Waals surface area contributed by atoms with Gasteiger partial charge < -0.3 is 10.6 Å². The van der Waals surface area contributed by atoms with Gasteiger partial charge in [-0.2, -0.15) is 13.2 Å². The van der Waals surface area contributed by atoms with Crippen LogP contribution in [0.5, 0.6) is 0 Å². The van der Waals surface area contributed by atoms with Crippen molar-refractivity contribution in [2.24, 2.45) is 0 Å². The molecular weight excluding hydrogens is 249 g/mol. The summed E-state index contributed by atoms with van der Waals surface area (Å²) in [4.78, 5) is 0.279. The number of halogens is 3. The lowest BCUT2D eigenvalue weighted by Gasteiger charge is -2.26. The maximum absolute atomic E-state index is 12.4. The van der Waals surface area contributed by atoms with Gasteiger partial charge in [-0.05, 0) is 23.4 Å². The smallest absolute Gasteiger partial charge is 0.314 e. The van der Waals surface area contributed by atoms with Crippen LogP contribution in [0.3, 0.4) is 0 Å². The lowest BCUT2D eigenvalue weighted by atomic mass is 10.1. The quantitative estimate of drug-likeness (QED) is 0.801. The first-order valence-electron chi connectivity index (χ1n) is 5.35. The Labute approximate surface area is 102 Å². The van der Waals surface area contributed by atoms with E-state index in [0.29, 0.717) is 12.1 Å². The summed E-state index contributed by atoms with van der Waals surface area (Å²) in [6, 6.07) is 6.62. The topological polar surface area (TPSA) is 24.1 Å². The van der Waals surface area contributed by atoms with Crippen LogP contribution >= 0.6 is 11.8 Å². The molecule has 0 amide bonds. The number of hydrogen-bond donors (Lipinski definition) is 2. The normalized spacial score (nSPS) is 21.5. The second-order valence-corrected chi connectivity index (χ2v) is 4.90. The number of nitrogens with one attached hydrogen (secondary N) is 2. The maximum Gasteiger partial charge on any atom is 0.446 e. The van der Waals surface area contributed by atoms with Crippen molar-refractivity contribution < 1.29 is 13.2 Å². The lowest BCUT2D eigenvalue weighted by molar-refractivity contribution is -0.0328. The van der Waals surface area contributed by atoms with Crippen molar-refractivity contribution in [3.63, 3.8) is 0 Å². The fraction of sp³-hybridized carbons (Fsp3) is 0.455. The predicted octanol–water partition coefficient (Wildman–Crippen LogP) is 2.53. The van der Waals surface area contributed by atoms with Crippen LogP contribution in [-0.4, -0.2) is 25.1 Å². The second-order valence-electron chi connectivity index (χ2n) is 3.80. The number of thioether (sulfide) groups is 1. The monoisotopic (exact) mass is 262 g/mol. The molecule has 1 aromatic carbocycles. The highest BCUT2D eigenvalue weighted by Gasteiger charge is 2.31. The second kappa shape index (κ2) is 5.29. The minimum atomic E-state index is -4.24.